The first-order valence-corrected chi connectivity index (χ1v) is 6.17. The molecule has 0 unspecified atom stereocenters. The molecule has 0 spiro atoms. The molecule has 4 nitrogen and oxygen atoms in total. The molecule has 4 heteroatoms. The number of carbonyl (C=O) groups is 1. The minimum atomic E-state index is -0.663. The van der Waals surface area contributed by atoms with Crippen molar-refractivity contribution >= 4 is 5.97 Å². The topological polar surface area (TPSA) is 58.6 Å². The maximum Gasteiger partial charge on any atom is 0.341 e. The molecule has 0 saturated heterocycles. The zero-order chi connectivity index (χ0) is 13.9. The molecule has 1 aliphatic heterocycles. The van der Waals surface area contributed by atoms with E-state index >= 15 is 0 Å². The Labute approximate surface area is 115 Å². The van der Waals surface area contributed by atoms with Gasteiger partial charge in [-0.2, -0.15) is 0 Å². The Morgan fingerprint density at radius 2 is 1.45 bits per heavy atom. The van der Waals surface area contributed by atoms with Gasteiger partial charge in [0.05, 0.1) is 17.3 Å². The fourth-order valence-corrected chi connectivity index (χ4v) is 1.97. The summed E-state index contributed by atoms with van der Waals surface area (Å²) in [6, 6.07) is 15.8. The highest BCUT2D eigenvalue weighted by Crippen LogP contribution is 2.31. The minimum Gasteiger partial charge on any atom is -0.575 e. The maximum atomic E-state index is 12.0. The molecule has 2 aromatic rings. The van der Waals surface area contributed by atoms with Crippen LogP contribution in [0.15, 0.2) is 66.1 Å². The lowest BCUT2D eigenvalue weighted by molar-refractivity contribution is -0.343. The van der Waals surface area contributed by atoms with Crippen LogP contribution < -0.4 is 14.6 Å². The Bertz CT molecular complexity index is 674. The van der Waals surface area contributed by atoms with E-state index in [1.54, 1.807) is 24.3 Å². The van der Waals surface area contributed by atoms with Gasteiger partial charge in [-0.25, -0.2) is 4.79 Å². The number of carbonyl (C=O) groups excluding carboxylic acids is 1. The molecule has 0 atom stereocenters. The van der Waals surface area contributed by atoms with Crippen LogP contribution in [-0.2, 0) is 11.2 Å². The monoisotopic (exact) mass is 267 g/mol. The van der Waals surface area contributed by atoms with Gasteiger partial charge in [0.2, 0.25) is 0 Å². The van der Waals surface area contributed by atoms with Crippen LogP contribution in [0.25, 0.3) is 0 Å². The van der Waals surface area contributed by atoms with Crippen molar-refractivity contribution in [1.29, 1.82) is 0 Å². The molecule has 0 aliphatic carbocycles. The molecule has 3 rings (SSSR count). The second-order valence-electron chi connectivity index (χ2n) is 4.37. The van der Waals surface area contributed by atoms with Crippen LogP contribution >= 0.6 is 0 Å². The molecule has 0 N–H and O–H groups in total. The van der Waals surface area contributed by atoms with Crippen LogP contribution in [0.4, 0.5) is 0 Å². The molecular weight excluding hydrogens is 256 g/mol. The van der Waals surface area contributed by atoms with E-state index in [9.17, 15) is 9.90 Å². The van der Waals surface area contributed by atoms with E-state index in [0.717, 1.165) is 5.56 Å². The zero-order valence-corrected chi connectivity index (χ0v) is 10.5. The molecule has 0 aromatic heterocycles. The van der Waals surface area contributed by atoms with Crippen molar-refractivity contribution in [2.24, 2.45) is 0 Å². The van der Waals surface area contributed by atoms with Gasteiger partial charge in [-0.15, -0.1) is 0 Å². The normalized spacial score (nSPS) is 14.1. The van der Waals surface area contributed by atoms with Crippen LogP contribution in [-0.4, -0.2) is 5.97 Å². The molecule has 1 aliphatic rings. The van der Waals surface area contributed by atoms with Crippen molar-refractivity contribution in [2.45, 2.75) is 6.42 Å². The first kappa shape index (κ1) is 12.3. The molecule has 0 amide bonds. The summed E-state index contributed by atoms with van der Waals surface area (Å²) in [5.41, 5.74) is 0.842. The predicted molar refractivity (Wildman–Crippen MR) is 69.9 cm³/mol. The maximum absolute atomic E-state index is 12.0. The number of hydrogen-bond donors (Lipinski definition) is 0. The lowest BCUT2D eigenvalue weighted by atomic mass is 10.1. The first-order chi connectivity index (χ1) is 9.74. The predicted octanol–water partition coefficient (Wildman–Crippen LogP) is 1.80. The average molecular weight is 267 g/mol. The summed E-state index contributed by atoms with van der Waals surface area (Å²) in [6.07, 6.45) is 0.187. The van der Waals surface area contributed by atoms with E-state index in [1.165, 1.54) is 0 Å². The summed E-state index contributed by atoms with van der Waals surface area (Å²) in [4.78, 5) is 12.0. The SMILES string of the molecule is O=C1Oc2ccccc2OC([O-])=C1Cc1ccccc1. The van der Waals surface area contributed by atoms with Gasteiger partial charge in [0.25, 0.3) is 0 Å². The first-order valence-electron chi connectivity index (χ1n) is 6.17. The van der Waals surface area contributed by atoms with Gasteiger partial charge in [0.15, 0.2) is 0 Å². The summed E-state index contributed by atoms with van der Waals surface area (Å²) in [5.74, 6) is -0.810. The average Bonchev–Trinajstić information content (AvgIpc) is 2.58. The van der Waals surface area contributed by atoms with Gasteiger partial charge in [-0.05, 0) is 17.7 Å². The van der Waals surface area contributed by atoms with E-state index < -0.39 is 11.9 Å². The van der Waals surface area contributed by atoms with Gasteiger partial charge in [-0.1, -0.05) is 42.5 Å². The quantitative estimate of drug-likeness (QED) is 0.615. The Hall–Kier alpha value is -2.75. The number of fused-ring (bicyclic) bond motifs is 1. The van der Waals surface area contributed by atoms with Gasteiger partial charge < -0.3 is 14.6 Å². The van der Waals surface area contributed by atoms with Crippen molar-refractivity contribution in [3.8, 4) is 11.5 Å². The zero-order valence-electron chi connectivity index (χ0n) is 10.5. The Kier molecular flexibility index (Phi) is 3.13. The second kappa shape index (κ2) is 5.09. The third-order valence-corrected chi connectivity index (χ3v) is 2.97. The van der Waals surface area contributed by atoms with Crippen LogP contribution in [0.1, 0.15) is 5.56 Å². The van der Waals surface area contributed by atoms with Crippen LogP contribution in [0.5, 0.6) is 11.5 Å². The highest BCUT2D eigenvalue weighted by atomic mass is 16.6. The molecule has 0 saturated carbocycles. The van der Waals surface area contributed by atoms with E-state index in [0.29, 0.717) is 0 Å². The number of esters is 1. The number of hydrogen-bond acceptors (Lipinski definition) is 4. The fraction of sp³-hybridized carbons (Fsp3) is 0.0625. The van der Waals surface area contributed by atoms with E-state index in [2.05, 4.69) is 0 Å². The molecule has 0 fully saturated rings. The van der Waals surface area contributed by atoms with E-state index in [-0.39, 0.29) is 23.5 Å². The molecular formula is C16H11O4-. The summed E-state index contributed by atoms with van der Waals surface area (Å²) in [5, 5.41) is 12.0. The Balaban J connectivity index is 1.94. The van der Waals surface area contributed by atoms with E-state index in [4.69, 9.17) is 9.47 Å². The van der Waals surface area contributed by atoms with Gasteiger partial charge >= 0.3 is 5.97 Å². The molecule has 2 aromatic carbocycles. The van der Waals surface area contributed by atoms with Crippen molar-refractivity contribution in [3.05, 3.63) is 71.7 Å². The number of benzene rings is 2. The second-order valence-corrected chi connectivity index (χ2v) is 4.37. The minimum absolute atomic E-state index is 0.00704. The smallest absolute Gasteiger partial charge is 0.341 e. The van der Waals surface area contributed by atoms with Crippen molar-refractivity contribution in [1.82, 2.24) is 0 Å². The van der Waals surface area contributed by atoms with Gasteiger partial charge in [-0.3, -0.25) is 0 Å². The van der Waals surface area contributed by atoms with Crippen LogP contribution in [0, 0.1) is 0 Å². The van der Waals surface area contributed by atoms with Crippen molar-refractivity contribution in [3.63, 3.8) is 0 Å². The van der Waals surface area contributed by atoms with Crippen LogP contribution in [0.3, 0.4) is 0 Å². The fourth-order valence-electron chi connectivity index (χ4n) is 1.97. The highest BCUT2D eigenvalue weighted by Gasteiger charge is 2.20. The number of ether oxygens (including phenoxy) is 2. The lowest BCUT2D eigenvalue weighted by Gasteiger charge is -2.16. The molecule has 0 bridgehead atoms. The lowest BCUT2D eigenvalue weighted by Crippen LogP contribution is -2.20. The number of rotatable bonds is 2. The Morgan fingerprint density at radius 3 is 2.15 bits per heavy atom. The van der Waals surface area contributed by atoms with Crippen molar-refractivity contribution < 1.29 is 19.4 Å². The summed E-state index contributed by atoms with van der Waals surface area (Å²) >= 11 is 0. The van der Waals surface area contributed by atoms with Crippen LogP contribution in [0.2, 0.25) is 0 Å². The standard InChI is InChI=1S/C16H12O4/c17-15-12(10-11-6-2-1-3-7-11)16(18)20-14-9-5-4-8-13(14)19-15/h1-9,17H,10H2/p-1. The van der Waals surface area contributed by atoms with Gasteiger partial charge in [0.1, 0.15) is 5.75 Å². The highest BCUT2D eigenvalue weighted by molar-refractivity contribution is 5.91. The Morgan fingerprint density at radius 1 is 0.850 bits per heavy atom. The largest absolute Gasteiger partial charge is 0.575 e. The van der Waals surface area contributed by atoms with E-state index in [1.807, 2.05) is 30.3 Å². The number of para-hydroxylation sites is 2. The van der Waals surface area contributed by atoms with Gasteiger partial charge in [0, 0.05) is 6.42 Å². The summed E-state index contributed by atoms with van der Waals surface area (Å²) < 4.78 is 10.4. The molecule has 1 heterocycles. The third kappa shape index (κ3) is 2.36. The third-order valence-electron chi connectivity index (χ3n) is 2.97. The molecule has 20 heavy (non-hydrogen) atoms. The summed E-state index contributed by atoms with van der Waals surface area (Å²) in [7, 11) is 0. The van der Waals surface area contributed by atoms with Crippen molar-refractivity contribution in [2.75, 3.05) is 0 Å². The summed E-state index contributed by atoms with van der Waals surface area (Å²) in [6.45, 7) is 0. The molecule has 100 valence electrons. The molecule has 0 radical (unpaired) electrons.